The lowest BCUT2D eigenvalue weighted by atomic mass is 10.2. The van der Waals surface area contributed by atoms with E-state index >= 15 is 0 Å². The number of nitrogens with two attached hydrogens (primary N) is 1. The molecule has 0 radical (unpaired) electrons. The van der Waals surface area contributed by atoms with Gasteiger partial charge in [-0.15, -0.1) is 0 Å². The Morgan fingerprint density at radius 2 is 1.52 bits per heavy atom. The number of anilines is 2. The number of benzene rings is 3. The van der Waals surface area contributed by atoms with Gasteiger partial charge in [0.05, 0.1) is 26.1 Å². The van der Waals surface area contributed by atoms with Crippen LogP contribution in [0.1, 0.15) is 10.4 Å². The number of rotatable bonds is 6. The highest BCUT2D eigenvalue weighted by molar-refractivity contribution is 7.92. The van der Waals surface area contributed by atoms with E-state index in [1.807, 2.05) is 0 Å². The van der Waals surface area contributed by atoms with Crippen molar-refractivity contribution in [3.8, 4) is 0 Å². The summed E-state index contributed by atoms with van der Waals surface area (Å²) < 4.78 is 64.2. The van der Waals surface area contributed by atoms with Gasteiger partial charge in [0.1, 0.15) is 5.82 Å². The highest BCUT2D eigenvalue weighted by atomic mass is 35.5. The van der Waals surface area contributed by atoms with Gasteiger partial charge < -0.3 is 5.32 Å². The lowest BCUT2D eigenvalue weighted by Gasteiger charge is -2.11. The zero-order valence-electron chi connectivity index (χ0n) is 15.5. The number of nitrogens with one attached hydrogen (secondary N) is 2. The smallest absolute Gasteiger partial charge is 0.261 e. The Kier molecular flexibility index (Phi) is 6.32. The van der Waals surface area contributed by atoms with E-state index in [1.165, 1.54) is 24.3 Å². The van der Waals surface area contributed by atoms with Crippen molar-refractivity contribution in [2.24, 2.45) is 5.14 Å². The van der Waals surface area contributed by atoms with Crippen LogP contribution in [0, 0.1) is 5.82 Å². The first-order valence-electron chi connectivity index (χ1n) is 8.48. The van der Waals surface area contributed by atoms with Crippen molar-refractivity contribution >= 4 is 48.9 Å². The molecule has 0 fully saturated rings. The quantitative estimate of drug-likeness (QED) is 0.494. The molecule has 0 spiro atoms. The first kappa shape index (κ1) is 22.7. The SMILES string of the molecule is NS(=O)(=O)c1ccc(NS(=O)(=O)c2ccc(NC(=O)c3ccccc3Cl)c(F)c2)cc1. The molecule has 0 aliphatic heterocycles. The van der Waals surface area contributed by atoms with Crippen molar-refractivity contribution in [1.82, 2.24) is 0 Å². The van der Waals surface area contributed by atoms with Crippen LogP contribution in [-0.4, -0.2) is 22.7 Å². The number of carbonyl (C=O) groups is 1. The summed E-state index contributed by atoms with van der Waals surface area (Å²) in [5, 5.41) is 7.50. The van der Waals surface area contributed by atoms with Crippen LogP contribution in [0.5, 0.6) is 0 Å². The molecule has 3 aromatic rings. The average Bonchev–Trinajstić information content (AvgIpc) is 2.69. The number of sulfonamides is 2. The largest absolute Gasteiger partial charge is 0.319 e. The zero-order valence-corrected chi connectivity index (χ0v) is 17.9. The van der Waals surface area contributed by atoms with E-state index in [-0.39, 0.29) is 26.9 Å². The molecule has 3 rings (SSSR count). The lowest BCUT2D eigenvalue weighted by molar-refractivity contribution is 0.102. The van der Waals surface area contributed by atoms with Crippen LogP contribution in [0.2, 0.25) is 5.02 Å². The molecule has 0 aliphatic rings. The number of carbonyl (C=O) groups excluding carboxylic acids is 1. The van der Waals surface area contributed by atoms with Crippen molar-refractivity contribution in [2.75, 3.05) is 10.0 Å². The van der Waals surface area contributed by atoms with Gasteiger partial charge in [0.2, 0.25) is 10.0 Å². The maximum absolute atomic E-state index is 14.5. The Morgan fingerprint density at radius 3 is 2.10 bits per heavy atom. The zero-order chi connectivity index (χ0) is 22.8. The second kappa shape index (κ2) is 8.63. The summed E-state index contributed by atoms with van der Waals surface area (Å²) >= 11 is 5.94. The van der Waals surface area contributed by atoms with Gasteiger partial charge in [-0.05, 0) is 54.6 Å². The second-order valence-corrected chi connectivity index (χ2v) is 9.90. The molecule has 0 bridgehead atoms. The van der Waals surface area contributed by atoms with Gasteiger partial charge in [-0.3, -0.25) is 9.52 Å². The molecule has 1 amide bonds. The van der Waals surface area contributed by atoms with Crippen LogP contribution in [0.25, 0.3) is 0 Å². The summed E-state index contributed by atoms with van der Waals surface area (Å²) in [5.74, 6) is -1.64. The number of hydrogen-bond acceptors (Lipinski definition) is 5. The standard InChI is InChI=1S/C19H15ClFN3O5S2/c20-16-4-2-1-3-15(16)19(25)23-18-10-9-14(11-17(18)21)31(28,29)24-12-5-7-13(8-6-12)30(22,26)27/h1-11,24H,(H,23,25)(H2,22,26,27). The summed E-state index contributed by atoms with van der Waals surface area (Å²) in [5.41, 5.74) is -0.0600. The summed E-state index contributed by atoms with van der Waals surface area (Å²) in [7, 11) is -8.12. The predicted molar refractivity (Wildman–Crippen MR) is 114 cm³/mol. The van der Waals surface area contributed by atoms with Crippen molar-refractivity contribution in [1.29, 1.82) is 0 Å². The monoisotopic (exact) mass is 483 g/mol. The van der Waals surface area contributed by atoms with Gasteiger partial charge in [-0.25, -0.2) is 26.4 Å². The molecule has 4 N–H and O–H groups in total. The average molecular weight is 484 g/mol. The Balaban J connectivity index is 1.79. The van der Waals surface area contributed by atoms with Crippen LogP contribution in [0.15, 0.2) is 76.5 Å². The Morgan fingerprint density at radius 1 is 0.903 bits per heavy atom. The van der Waals surface area contributed by atoms with Crippen LogP contribution >= 0.6 is 11.6 Å². The number of halogens is 2. The molecule has 162 valence electrons. The number of hydrogen-bond donors (Lipinski definition) is 3. The molecular weight excluding hydrogens is 469 g/mol. The molecule has 0 aliphatic carbocycles. The molecule has 8 nitrogen and oxygen atoms in total. The first-order chi connectivity index (χ1) is 14.5. The van der Waals surface area contributed by atoms with Gasteiger partial charge in [0.25, 0.3) is 15.9 Å². The maximum Gasteiger partial charge on any atom is 0.261 e. The Bertz CT molecular complexity index is 1360. The fourth-order valence-corrected chi connectivity index (χ4v) is 4.33. The Labute approximate surface area is 183 Å². The molecule has 31 heavy (non-hydrogen) atoms. The van der Waals surface area contributed by atoms with Crippen LogP contribution < -0.4 is 15.2 Å². The van der Waals surface area contributed by atoms with E-state index in [4.69, 9.17) is 16.7 Å². The van der Waals surface area contributed by atoms with Gasteiger partial charge in [-0.1, -0.05) is 23.7 Å². The van der Waals surface area contributed by atoms with Crippen LogP contribution in [0.4, 0.5) is 15.8 Å². The topological polar surface area (TPSA) is 135 Å². The number of primary sulfonamides is 1. The molecule has 0 saturated heterocycles. The van der Waals surface area contributed by atoms with Crippen LogP contribution in [-0.2, 0) is 20.0 Å². The fraction of sp³-hybridized carbons (Fsp3) is 0. The lowest BCUT2D eigenvalue weighted by Crippen LogP contribution is -2.16. The van der Waals surface area contributed by atoms with E-state index in [0.29, 0.717) is 0 Å². The first-order valence-corrected chi connectivity index (χ1v) is 11.9. The van der Waals surface area contributed by atoms with Gasteiger partial charge >= 0.3 is 0 Å². The van der Waals surface area contributed by atoms with Gasteiger partial charge in [-0.2, -0.15) is 0 Å². The summed E-state index contributed by atoms with van der Waals surface area (Å²) in [6, 6.07) is 13.8. The normalized spacial score (nSPS) is 11.7. The molecule has 0 aromatic heterocycles. The third-order valence-electron chi connectivity index (χ3n) is 4.05. The maximum atomic E-state index is 14.5. The third-order valence-corrected chi connectivity index (χ3v) is 6.69. The van der Waals surface area contributed by atoms with Crippen molar-refractivity contribution in [3.05, 3.63) is 83.1 Å². The minimum absolute atomic E-state index is 0.0453. The molecule has 0 atom stereocenters. The van der Waals surface area contributed by atoms with E-state index in [9.17, 15) is 26.0 Å². The predicted octanol–water partition coefficient (Wildman–Crippen LogP) is 3.18. The molecular formula is C19H15ClFN3O5S2. The Hall–Kier alpha value is -2.99. The van der Waals surface area contributed by atoms with E-state index in [0.717, 1.165) is 30.3 Å². The summed E-state index contributed by atoms with van der Waals surface area (Å²) in [6.45, 7) is 0. The summed E-state index contributed by atoms with van der Waals surface area (Å²) in [4.78, 5) is 11.7. The van der Waals surface area contributed by atoms with E-state index in [1.54, 1.807) is 12.1 Å². The molecule has 3 aromatic carbocycles. The van der Waals surface area contributed by atoms with Gasteiger partial charge in [0, 0.05) is 5.69 Å². The fourth-order valence-electron chi connectivity index (χ4n) is 2.53. The van der Waals surface area contributed by atoms with Crippen molar-refractivity contribution < 1.29 is 26.0 Å². The van der Waals surface area contributed by atoms with E-state index in [2.05, 4.69) is 10.0 Å². The molecule has 12 heteroatoms. The third kappa shape index (κ3) is 5.39. The minimum atomic E-state index is -4.19. The second-order valence-electron chi connectivity index (χ2n) is 6.25. The van der Waals surface area contributed by atoms with Crippen molar-refractivity contribution in [3.63, 3.8) is 0 Å². The van der Waals surface area contributed by atoms with Crippen molar-refractivity contribution in [2.45, 2.75) is 9.79 Å². The highest BCUT2D eigenvalue weighted by Gasteiger charge is 2.19. The summed E-state index contributed by atoms with van der Waals surface area (Å²) in [6.07, 6.45) is 0. The minimum Gasteiger partial charge on any atom is -0.319 e. The number of amides is 1. The molecule has 0 saturated carbocycles. The highest BCUT2D eigenvalue weighted by Crippen LogP contribution is 2.23. The van der Waals surface area contributed by atoms with Crippen LogP contribution in [0.3, 0.4) is 0 Å². The van der Waals surface area contributed by atoms with Gasteiger partial charge in [0.15, 0.2) is 0 Å². The van der Waals surface area contributed by atoms with E-state index < -0.39 is 36.7 Å². The molecule has 0 unspecified atom stereocenters. The molecule has 0 heterocycles.